The van der Waals surface area contributed by atoms with Crippen LogP contribution in [0.1, 0.15) is 33.1 Å². The van der Waals surface area contributed by atoms with Crippen LogP contribution in [0.15, 0.2) is 0 Å². The Bertz CT molecular complexity index is 550. The van der Waals surface area contributed by atoms with E-state index in [0.717, 1.165) is 0 Å². The minimum atomic E-state index is -1.19. The van der Waals surface area contributed by atoms with Crippen molar-refractivity contribution in [3.05, 3.63) is 0 Å². The van der Waals surface area contributed by atoms with Crippen molar-refractivity contribution in [2.75, 3.05) is 6.54 Å². The van der Waals surface area contributed by atoms with Crippen molar-refractivity contribution in [2.45, 2.75) is 57.3 Å². The smallest absolute Gasteiger partial charge is 0.248 e. The molecule has 24 heavy (non-hydrogen) atoms. The van der Waals surface area contributed by atoms with Crippen molar-refractivity contribution in [3.63, 3.8) is 0 Å². The van der Waals surface area contributed by atoms with E-state index in [2.05, 4.69) is 10.6 Å². The molecule has 2 saturated heterocycles. The largest absolute Gasteiger partial charge is 0.391 e. The third-order valence-corrected chi connectivity index (χ3v) is 4.59. The standard InChI is InChI=1S/C15H24N4O5/c1-7-6-10(21)17-11(7)14(23)18-12(8(2)20)15(24)19-5-3-4-9(19)13(16)22/h7-9,11-12,20H,3-6H2,1-2H3,(H2,16,22)(H,17,21)(H,18,23)/t7?,8-,9+,11+,12+/m1/s1. The maximum Gasteiger partial charge on any atom is 0.248 e. The molecule has 0 aromatic carbocycles. The quantitative estimate of drug-likeness (QED) is 0.451. The van der Waals surface area contributed by atoms with Crippen LogP contribution in [0.5, 0.6) is 0 Å². The summed E-state index contributed by atoms with van der Waals surface area (Å²) in [5.74, 6) is -2.10. The Morgan fingerprint density at radius 2 is 2.08 bits per heavy atom. The number of rotatable bonds is 5. The van der Waals surface area contributed by atoms with Gasteiger partial charge in [0, 0.05) is 13.0 Å². The molecule has 0 spiro atoms. The van der Waals surface area contributed by atoms with Gasteiger partial charge in [0.25, 0.3) is 0 Å². The van der Waals surface area contributed by atoms with Gasteiger partial charge in [-0.05, 0) is 25.7 Å². The van der Waals surface area contributed by atoms with Gasteiger partial charge in [0.1, 0.15) is 18.1 Å². The molecule has 0 bridgehead atoms. The first-order valence-electron chi connectivity index (χ1n) is 8.10. The lowest BCUT2D eigenvalue weighted by Gasteiger charge is -2.30. The van der Waals surface area contributed by atoms with Gasteiger partial charge in [-0.2, -0.15) is 0 Å². The fourth-order valence-electron chi connectivity index (χ4n) is 3.25. The number of likely N-dealkylation sites (tertiary alicyclic amines) is 1. The Balaban J connectivity index is 2.09. The van der Waals surface area contributed by atoms with Gasteiger partial charge >= 0.3 is 0 Å². The molecule has 0 aromatic heterocycles. The Hall–Kier alpha value is -2.16. The summed E-state index contributed by atoms with van der Waals surface area (Å²) >= 11 is 0. The molecule has 9 heteroatoms. The molecular weight excluding hydrogens is 316 g/mol. The Labute approximate surface area is 139 Å². The van der Waals surface area contributed by atoms with E-state index >= 15 is 0 Å². The number of nitrogens with two attached hydrogens (primary N) is 1. The van der Waals surface area contributed by atoms with Crippen LogP contribution >= 0.6 is 0 Å². The van der Waals surface area contributed by atoms with Crippen LogP contribution < -0.4 is 16.4 Å². The number of nitrogens with one attached hydrogen (secondary N) is 2. The first-order valence-corrected chi connectivity index (χ1v) is 8.10. The maximum atomic E-state index is 12.7. The SMILES string of the molecule is CC1CC(=O)N[C@@H]1C(=O)N[C@H](C(=O)N1CCC[C@H]1C(N)=O)[C@@H](C)O. The topological polar surface area (TPSA) is 142 Å². The highest BCUT2D eigenvalue weighted by molar-refractivity contribution is 5.96. The molecule has 5 N–H and O–H groups in total. The van der Waals surface area contributed by atoms with Crippen molar-refractivity contribution in [1.29, 1.82) is 0 Å². The molecule has 2 fully saturated rings. The molecule has 0 saturated carbocycles. The lowest BCUT2D eigenvalue weighted by atomic mass is 10.0. The molecule has 2 heterocycles. The lowest BCUT2D eigenvalue weighted by molar-refractivity contribution is -0.143. The second-order valence-electron chi connectivity index (χ2n) is 6.55. The zero-order chi connectivity index (χ0) is 18.0. The number of hydrogen-bond donors (Lipinski definition) is 4. The van der Waals surface area contributed by atoms with E-state index in [0.29, 0.717) is 19.4 Å². The van der Waals surface area contributed by atoms with E-state index in [1.54, 1.807) is 6.92 Å². The molecule has 1 unspecified atom stereocenters. The number of primary amides is 1. The lowest BCUT2D eigenvalue weighted by Crippen LogP contribution is -2.59. The summed E-state index contributed by atoms with van der Waals surface area (Å²) in [6.07, 6.45) is 0.191. The minimum absolute atomic E-state index is 0.201. The number of carbonyl (C=O) groups is 4. The summed E-state index contributed by atoms with van der Waals surface area (Å²) in [6, 6.07) is -2.65. The van der Waals surface area contributed by atoms with E-state index < -0.39 is 42.0 Å². The highest BCUT2D eigenvalue weighted by Gasteiger charge is 2.41. The van der Waals surface area contributed by atoms with Gasteiger partial charge in [0.2, 0.25) is 23.6 Å². The summed E-state index contributed by atoms with van der Waals surface area (Å²) in [5.41, 5.74) is 5.31. The predicted molar refractivity (Wildman–Crippen MR) is 83.3 cm³/mol. The number of aliphatic hydroxyl groups excluding tert-OH is 1. The molecular formula is C15H24N4O5. The van der Waals surface area contributed by atoms with Gasteiger partial charge in [0.05, 0.1) is 6.10 Å². The average molecular weight is 340 g/mol. The normalized spacial score (nSPS) is 29.0. The van der Waals surface area contributed by atoms with Gasteiger partial charge in [-0.3, -0.25) is 19.2 Å². The maximum absolute atomic E-state index is 12.7. The second kappa shape index (κ2) is 7.16. The third-order valence-electron chi connectivity index (χ3n) is 4.59. The summed E-state index contributed by atoms with van der Waals surface area (Å²) in [5, 5.41) is 15.0. The van der Waals surface area contributed by atoms with Gasteiger partial charge in [-0.1, -0.05) is 6.92 Å². The van der Waals surface area contributed by atoms with Crippen LogP contribution in [0.2, 0.25) is 0 Å². The molecule has 134 valence electrons. The first kappa shape index (κ1) is 18.2. The van der Waals surface area contributed by atoms with Crippen molar-refractivity contribution < 1.29 is 24.3 Å². The van der Waals surface area contributed by atoms with Gasteiger partial charge in [-0.25, -0.2) is 0 Å². The van der Waals surface area contributed by atoms with Gasteiger partial charge < -0.3 is 26.4 Å². The molecule has 9 nitrogen and oxygen atoms in total. The molecule has 0 aromatic rings. The second-order valence-corrected chi connectivity index (χ2v) is 6.55. The van der Waals surface area contributed by atoms with Crippen LogP contribution in [0.3, 0.4) is 0 Å². The van der Waals surface area contributed by atoms with Crippen molar-refractivity contribution in [3.8, 4) is 0 Å². The summed E-state index contributed by atoms with van der Waals surface area (Å²) in [6.45, 7) is 3.49. The number of amides is 4. The summed E-state index contributed by atoms with van der Waals surface area (Å²) in [7, 11) is 0. The molecule has 2 aliphatic heterocycles. The molecule has 0 aliphatic carbocycles. The fourth-order valence-corrected chi connectivity index (χ4v) is 3.25. The first-order chi connectivity index (χ1) is 11.2. The Morgan fingerprint density at radius 3 is 2.58 bits per heavy atom. The number of nitrogens with zero attached hydrogens (tertiary/aromatic N) is 1. The van der Waals surface area contributed by atoms with Gasteiger partial charge in [-0.15, -0.1) is 0 Å². The van der Waals surface area contributed by atoms with Crippen LogP contribution in [0.25, 0.3) is 0 Å². The van der Waals surface area contributed by atoms with Crippen molar-refractivity contribution in [1.82, 2.24) is 15.5 Å². The number of hydrogen-bond acceptors (Lipinski definition) is 5. The molecule has 2 rings (SSSR count). The van der Waals surface area contributed by atoms with E-state index in [1.165, 1.54) is 11.8 Å². The predicted octanol–water partition coefficient (Wildman–Crippen LogP) is -2.15. The highest BCUT2D eigenvalue weighted by Crippen LogP contribution is 2.20. The molecule has 5 atom stereocenters. The van der Waals surface area contributed by atoms with Crippen LogP contribution in [-0.4, -0.2) is 64.4 Å². The third kappa shape index (κ3) is 3.66. The minimum Gasteiger partial charge on any atom is -0.391 e. The molecule has 4 amide bonds. The fraction of sp³-hybridized carbons (Fsp3) is 0.733. The number of carbonyl (C=O) groups excluding carboxylic acids is 4. The van der Waals surface area contributed by atoms with Crippen molar-refractivity contribution in [2.24, 2.45) is 11.7 Å². The van der Waals surface area contributed by atoms with E-state index in [-0.39, 0.29) is 18.2 Å². The van der Waals surface area contributed by atoms with Crippen LogP contribution in [0.4, 0.5) is 0 Å². The zero-order valence-corrected chi connectivity index (χ0v) is 13.8. The average Bonchev–Trinajstić information content (AvgIpc) is 3.09. The van der Waals surface area contributed by atoms with Crippen LogP contribution in [0, 0.1) is 5.92 Å². The Kier molecular flexibility index (Phi) is 5.43. The monoisotopic (exact) mass is 340 g/mol. The highest BCUT2D eigenvalue weighted by atomic mass is 16.3. The molecule has 0 radical (unpaired) electrons. The van der Waals surface area contributed by atoms with Crippen LogP contribution in [-0.2, 0) is 19.2 Å². The van der Waals surface area contributed by atoms with Gasteiger partial charge in [0.15, 0.2) is 0 Å². The van der Waals surface area contributed by atoms with E-state index in [1.807, 2.05) is 0 Å². The van der Waals surface area contributed by atoms with E-state index in [9.17, 15) is 24.3 Å². The molecule has 2 aliphatic rings. The van der Waals surface area contributed by atoms with Crippen molar-refractivity contribution >= 4 is 23.6 Å². The summed E-state index contributed by atoms with van der Waals surface area (Å²) < 4.78 is 0. The zero-order valence-electron chi connectivity index (χ0n) is 13.8. The summed E-state index contributed by atoms with van der Waals surface area (Å²) in [4.78, 5) is 49.1. The van der Waals surface area contributed by atoms with E-state index in [4.69, 9.17) is 5.73 Å². The Morgan fingerprint density at radius 1 is 1.42 bits per heavy atom. The number of aliphatic hydroxyl groups is 1.